The lowest BCUT2D eigenvalue weighted by Gasteiger charge is -2.18. The maximum Gasteiger partial charge on any atom is 0.0130 e. The van der Waals surface area contributed by atoms with Crippen molar-refractivity contribution in [1.82, 2.24) is 0 Å². The maximum absolute atomic E-state index is 2.52. The zero-order chi connectivity index (χ0) is 15.1. The standard InChI is InChI=1S/C18H24I2/c1-5-15(13-9-11-14(19)12-10-13)16(6-2)17(7-3)18(20)8-4/h9-12H,5-8H2,1-4H3/b16-15-,18-17-. The Labute approximate surface area is 151 Å². The van der Waals surface area contributed by atoms with Gasteiger partial charge in [-0.15, -0.1) is 0 Å². The van der Waals surface area contributed by atoms with Gasteiger partial charge < -0.3 is 0 Å². The first-order valence-corrected chi connectivity index (χ1v) is 9.60. The maximum atomic E-state index is 2.52. The quantitative estimate of drug-likeness (QED) is 0.286. The third-order valence-corrected chi connectivity index (χ3v) is 5.75. The van der Waals surface area contributed by atoms with Crippen LogP contribution in [0.3, 0.4) is 0 Å². The second-order valence-corrected chi connectivity index (χ2v) is 7.31. The zero-order valence-corrected chi connectivity index (χ0v) is 17.2. The topological polar surface area (TPSA) is 0 Å². The Bertz CT molecular complexity index is 493. The summed E-state index contributed by atoms with van der Waals surface area (Å²) in [6, 6.07) is 8.95. The smallest absolute Gasteiger partial charge is 0.0130 e. The number of rotatable bonds is 6. The molecular weight excluding hydrogens is 470 g/mol. The molecule has 0 nitrogen and oxygen atoms in total. The van der Waals surface area contributed by atoms with Crippen LogP contribution in [0.5, 0.6) is 0 Å². The molecule has 0 fully saturated rings. The number of halogens is 2. The van der Waals surface area contributed by atoms with Gasteiger partial charge in [0.2, 0.25) is 0 Å². The summed E-state index contributed by atoms with van der Waals surface area (Å²) in [5.74, 6) is 0. The van der Waals surface area contributed by atoms with Crippen LogP contribution < -0.4 is 0 Å². The molecule has 110 valence electrons. The highest BCUT2D eigenvalue weighted by molar-refractivity contribution is 14.1. The summed E-state index contributed by atoms with van der Waals surface area (Å²) in [6.07, 6.45) is 4.48. The van der Waals surface area contributed by atoms with E-state index in [1.807, 2.05) is 0 Å². The third-order valence-electron chi connectivity index (χ3n) is 3.62. The molecular formula is C18H24I2. The van der Waals surface area contributed by atoms with Crippen molar-refractivity contribution in [3.63, 3.8) is 0 Å². The Balaban J connectivity index is 3.43. The lowest BCUT2D eigenvalue weighted by molar-refractivity contribution is 0.990. The predicted molar refractivity (Wildman–Crippen MR) is 108 cm³/mol. The summed E-state index contributed by atoms with van der Waals surface area (Å²) in [6.45, 7) is 9.09. The van der Waals surface area contributed by atoms with Crippen LogP contribution in [-0.2, 0) is 0 Å². The molecule has 0 atom stereocenters. The molecule has 0 amide bonds. The van der Waals surface area contributed by atoms with Gasteiger partial charge in [0.05, 0.1) is 0 Å². The first-order chi connectivity index (χ1) is 9.58. The van der Waals surface area contributed by atoms with Crippen LogP contribution in [0, 0.1) is 3.57 Å². The molecule has 0 radical (unpaired) electrons. The van der Waals surface area contributed by atoms with E-state index in [1.54, 1.807) is 11.1 Å². The van der Waals surface area contributed by atoms with Gasteiger partial charge in [0, 0.05) is 3.57 Å². The first kappa shape index (κ1) is 18.2. The molecule has 1 rings (SSSR count). The second-order valence-electron chi connectivity index (χ2n) is 4.76. The number of hydrogen-bond acceptors (Lipinski definition) is 0. The largest absolute Gasteiger partial charge is 0.0613 e. The summed E-state index contributed by atoms with van der Waals surface area (Å²) in [5, 5.41) is 0. The molecule has 20 heavy (non-hydrogen) atoms. The molecule has 1 aromatic rings. The van der Waals surface area contributed by atoms with Gasteiger partial charge in [0.15, 0.2) is 0 Å². The Morgan fingerprint density at radius 2 is 1.35 bits per heavy atom. The second kappa shape index (κ2) is 9.23. The molecule has 0 N–H and O–H groups in total. The Morgan fingerprint density at radius 3 is 1.75 bits per heavy atom. The fourth-order valence-electron chi connectivity index (χ4n) is 2.63. The molecule has 0 heterocycles. The average molecular weight is 494 g/mol. The summed E-state index contributed by atoms with van der Waals surface area (Å²) >= 11 is 4.89. The van der Waals surface area contributed by atoms with E-state index in [-0.39, 0.29) is 0 Å². The molecule has 0 aliphatic carbocycles. The molecule has 0 spiro atoms. The van der Waals surface area contributed by atoms with Crippen molar-refractivity contribution in [2.75, 3.05) is 0 Å². The lowest BCUT2D eigenvalue weighted by Crippen LogP contribution is -1.97. The van der Waals surface area contributed by atoms with Crippen molar-refractivity contribution < 1.29 is 0 Å². The van der Waals surface area contributed by atoms with E-state index in [4.69, 9.17) is 0 Å². The van der Waals surface area contributed by atoms with E-state index in [2.05, 4.69) is 97.1 Å². The first-order valence-electron chi connectivity index (χ1n) is 7.44. The number of hydrogen-bond donors (Lipinski definition) is 0. The van der Waals surface area contributed by atoms with Crippen LogP contribution in [-0.4, -0.2) is 0 Å². The summed E-state index contributed by atoms with van der Waals surface area (Å²) < 4.78 is 2.81. The van der Waals surface area contributed by atoms with Crippen LogP contribution >= 0.6 is 45.2 Å². The van der Waals surface area contributed by atoms with E-state index in [0.29, 0.717) is 0 Å². The highest BCUT2D eigenvalue weighted by atomic mass is 127. The van der Waals surface area contributed by atoms with Crippen molar-refractivity contribution in [1.29, 1.82) is 0 Å². The Morgan fingerprint density at radius 1 is 0.800 bits per heavy atom. The van der Waals surface area contributed by atoms with Gasteiger partial charge in [-0.2, -0.15) is 0 Å². The van der Waals surface area contributed by atoms with Gasteiger partial charge in [-0.1, -0.05) is 39.8 Å². The molecule has 1 aromatic carbocycles. The highest BCUT2D eigenvalue weighted by Gasteiger charge is 2.12. The van der Waals surface area contributed by atoms with Crippen molar-refractivity contribution in [2.24, 2.45) is 0 Å². The van der Waals surface area contributed by atoms with E-state index in [0.717, 1.165) is 25.7 Å². The number of benzene rings is 1. The Hall–Kier alpha value is 0.160. The Kier molecular flexibility index (Phi) is 8.41. The predicted octanol–water partition coefficient (Wildman–Crippen LogP) is 7.37. The number of allylic oxidation sites excluding steroid dienone is 4. The third kappa shape index (κ3) is 4.58. The summed E-state index contributed by atoms with van der Waals surface area (Å²) in [5.41, 5.74) is 6.02. The monoisotopic (exact) mass is 494 g/mol. The minimum absolute atomic E-state index is 1.10. The molecule has 0 aromatic heterocycles. The van der Waals surface area contributed by atoms with Crippen LogP contribution in [0.2, 0.25) is 0 Å². The fourth-order valence-corrected chi connectivity index (χ4v) is 3.70. The minimum atomic E-state index is 1.10. The molecule has 0 unspecified atom stereocenters. The van der Waals surface area contributed by atoms with Crippen molar-refractivity contribution in [2.45, 2.75) is 53.4 Å². The highest BCUT2D eigenvalue weighted by Crippen LogP contribution is 2.34. The van der Waals surface area contributed by atoms with Crippen LogP contribution in [0.25, 0.3) is 5.57 Å². The van der Waals surface area contributed by atoms with Gasteiger partial charge in [0.1, 0.15) is 0 Å². The van der Waals surface area contributed by atoms with Crippen molar-refractivity contribution in [3.8, 4) is 0 Å². The van der Waals surface area contributed by atoms with E-state index < -0.39 is 0 Å². The van der Waals surface area contributed by atoms with Crippen molar-refractivity contribution in [3.05, 3.63) is 48.1 Å². The SMILES string of the molecule is CC/C(I)=C(CC)/C(CC)=C(/CC)c1ccc(I)cc1. The van der Waals surface area contributed by atoms with Crippen LogP contribution in [0.1, 0.15) is 58.9 Å². The summed E-state index contributed by atoms with van der Waals surface area (Å²) in [4.78, 5) is 0. The van der Waals surface area contributed by atoms with Crippen LogP contribution in [0.15, 0.2) is 39.0 Å². The van der Waals surface area contributed by atoms with Gasteiger partial charge in [-0.25, -0.2) is 0 Å². The van der Waals surface area contributed by atoms with E-state index >= 15 is 0 Å². The van der Waals surface area contributed by atoms with E-state index in [9.17, 15) is 0 Å². The van der Waals surface area contributed by atoms with Gasteiger partial charge in [0.25, 0.3) is 0 Å². The molecule has 2 heteroatoms. The zero-order valence-electron chi connectivity index (χ0n) is 12.9. The lowest BCUT2D eigenvalue weighted by atomic mass is 9.89. The van der Waals surface area contributed by atoms with E-state index in [1.165, 1.54) is 18.3 Å². The fraction of sp³-hybridized carbons (Fsp3) is 0.444. The minimum Gasteiger partial charge on any atom is -0.0613 e. The average Bonchev–Trinajstić information content (AvgIpc) is 2.48. The molecule has 0 aliphatic heterocycles. The summed E-state index contributed by atoms with van der Waals surface area (Å²) in [7, 11) is 0. The normalized spacial score (nSPS) is 13.9. The molecule has 0 aliphatic rings. The molecule has 0 saturated heterocycles. The van der Waals surface area contributed by atoms with Gasteiger partial charge in [-0.3, -0.25) is 0 Å². The van der Waals surface area contributed by atoms with Gasteiger partial charge in [-0.05, 0) is 109 Å². The van der Waals surface area contributed by atoms with Crippen LogP contribution in [0.4, 0.5) is 0 Å². The molecule has 0 bridgehead atoms. The van der Waals surface area contributed by atoms with Gasteiger partial charge >= 0.3 is 0 Å². The van der Waals surface area contributed by atoms with Crippen molar-refractivity contribution >= 4 is 50.8 Å². The molecule has 0 saturated carbocycles.